The highest BCUT2D eigenvalue weighted by Crippen LogP contribution is 2.04. The third-order valence-electron chi connectivity index (χ3n) is 2.69. The Bertz CT molecular complexity index is 182. The fourth-order valence-corrected chi connectivity index (χ4v) is 1.80. The summed E-state index contributed by atoms with van der Waals surface area (Å²) in [5, 5.41) is -0.205. The van der Waals surface area contributed by atoms with E-state index in [1.54, 1.807) is 0 Å². The van der Waals surface area contributed by atoms with Gasteiger partial charge in [0, 0.05) is 32.6 Å². The molecule has 0 atom stereocenters. The Hall–Kier alpha value is 0.170. The summed E-state index contributed by atoms with van der Waals surface area (Å²) in [4.78, 5) is 15.3. The molecule has 0 aromatic rings. The minimum absolute atomic E-state index is 0. The van der Waals surface area contributed by atoms with Gasteiger partial charge in [0.2, 0.25) is 5.24 Å². The lowest BCUT2D eigenvalue weighted by Crippen LogP contribution is -2.44. The van der Waals surface area contributed by atoms with Gasteiger partial charge in [-0.25, -0.2) is 0 Å². The molecule has 0 aliphatic carbocycles. The van der Waals surface area contributed by atoms with Crippen molar-refractivity contribution in [1.29, 1.82) is 0 Å². The topological polar surface area (TPSA) is 23.6 Å². The predicted octanol–water partition coefficient (Wildman–Crippen LogP) is 1.59. The Morgan fingerprint density at radius 3 is 2.33 bits per heavy atom. The third kappa shape index (κ3) is 7.12. The number of rotatable bonds is 5. The second-order valence-electron chi connectivity index (χ2n) is 3.96. The van der Waals surface area contributed by atoms with Gasteiger partial charge in [0.05, 0.1) is 0 Å². The second-order valence-corrected chi connectivity index (χ2v) is 4.38. The molecule has 0 unspecified atom stereocenters. The Morgan fingerprint density at radius 2 is 1.80 bits per heavy atom. The van der Waals surface area contributed by atoms with Gasteiger partial charge in [0.15, 0.2) is 0 Å². The van der Waals surface area contributed by atoms with E-state index in [1.807, 2.05) is 0 Å². The first kappa shape index (κ1) is 15.2. The number of piperazine rings is 1. The van der Waals surface area contributed by atoms with E-state index >= 15 is 0 Å². The summed E-state index contributed by atoms with van der Waals surface area (Å²) in [5.41, 5.74) is 0. The first-order chi connectivity index (χ1) is 6.68. The average molecular weight is 255 g/mol. The van der Waals surface area contributed by atoms with E-state index in [0.29, 0.717) is 6.42 Å². The quantitative estimate of drug-likeness (QED) is 0.550. The van der Waals surface area contributed by atoms with E-state index in [4.69, 9.17) is 11.6 Å². The van der Waals surface area contributed by atoms with Crippen molar-refractivity contribution in [3.05, 3.63) is 0 Å². The molecule has 1 fully saturated rings. The summed E-state index contributed by atoms with van der Waals surface area (Å²) in [5.74, 6) is 0. The van der Waals surface area contributed by atoms with Crippen LogP contribution in [0.5, 0.6) is 0 Å². The van der Waals surface area contributed by atoms with E-state index in [9.17, 15) is 4.79 Å². The Balaban J connectivity index is 0.00000196. The molecule has 0 aromatic heterocycles. The van der Waals surface area contributed by atoms with E-state index in [2.05, 4.69) is 16.8 Å². The van der Waals surface area contributed by atoms with Crippen molar-refractivity contribution >= 4 is 29.3 Å². The second kappa shape index (κ2) is 8.34. The number of hydrogen-bond acceptors (Lipinski definition) is 3. The molecule has 5 heteroatoms. The fraction of sp³-hybridized carbons (Fsp3) is 0.900. The van der Waals surface area contributed by atoms with Crippen LogP contribution in [0.4, 0.5) is 0 Å². The van der Waals surface area contributed by atoms with Crippen LogP contribution in [0.25, 0.3) is 0 Å². The maximum Gasteiger partial charge on any atom is 0.221 e. The van der Waals surface area contributed by atoms with Crippen molar-refractivity contribution in [1.82, 2.24) is 9.80 Å². The van der Waals surface area contributed by atoms with Crippen molar-refractivity contribution in [3.63, 3.8) is 0 Å². The molecule has 0 amide bonds. The van der Waals surface area contributed by atoms with Crippen LogP contribution in [-0.2, 0) is 4.79 Å². The van der Waals surface area contributed by atoms with Crippen LogP contribution in [0.1, 0.15) is 19.3 Å². The molecule has 0 bridgehead atoms. The summed E-state index contributed by atoms with van der Waals surface area (Å²) in [6.45, 7) is 5.75. The van der Waals surface area contributed by atoms with Gasteiger partial charge >= 0.3 is 0 Å². The van der Waals surface area contributed by atoms with E-state index in [1.165, 1.54) is 0 Å². The summed E-state index contributed by atoms with van der Waals surface area (Å²) in [7, 11) is 2.16. The molecule has 1 rings (SSSR count). The molecule has 3 nitrogen and oxygen atoms in total. The van der Waals surface area contributed by atoms with E-state index in [0.717, 1.165) is 45.6 Å². The van der Waals surface area contributed by atoms with Gasteiger partial charge in [-0.2, -0.15) is 0 Å². The Morgan fingerprint density at radius 1 is 1.20 bits per heavy atom. The lowest BCUT2D eigenvalue weighted by Gasteiger charge is -2.32. The number of nitrogens with zero attached hydrogens (tertiary/aromatic N) is 2. The van der Waals surface area contributed by atoms with Crippen LogP contribution < -0.4 is 0 Å². The van der Waals surface area contributed by atoms with Gasteiger partial charge in [-0.1, -0.05) is 0 Å². The smallest absolute Gasteiger partial charge is 0.221 e. The van der Waals surface area contributed by atoms with Gasteiger partial charge < -0.3 is 9.80 Å². The molecule has 1 saturated heterocycles. The molecule has 0 spiro atoms. The van der Waals surface area contributed by atoms with Crippen molar-refractivity contribution in [2.75, 3.05) is 39.8 Å². The molecule has 1 aliphatic rings. The van der Waals surface area contributed by atoms with Gasteiger partial charge in [-0.3, -0.25) is 4.79 Å². The third-order valence-corrected chi connectivity index (χ3v) is 2.88. The number of hydrogen-bond donors (Lipinski definition) is 0. The average Bonchev–Trinajstić information content (AvgIpc) is 2.15. The molecule has 0 N–H and O–H groups in total. The largest absolute Gasteiger partial charge is 0.304 e. The first-order valence-corrected chi connectivity index (χ1v) is 5.65. The SMILES string of the molecule is CN1CCN(CCCCC(=O)Cl)CC1.Cl. The number of halogens is 2. The maximum absolute atomic E-state index is 10.5. The van der Waals surface area contributed by atoms with Crippen molar-refractivity contribution in [3.8, 4) is 0 Å². The van der Waals surface area contributed by atoms with Crippen LogP contribution >= 0.6 is 24.0 Å². The Kier molecular flexibility index (Phi) is 8.43. The molecular weight excluding hydrogens is 235 g/mol. The first-order valence-electron chi connectivity index (χ1n) is 5.28. The van der Waals surface area contributed by atoms with Crippen LogP contribution in [0.15, 0.2) is 0 Å². The number of carbonyl (C=O) groups is 1. The molecule has 1 heterocycles. The highest BCUT2D eigenvalue weighted by molar-refractivity contribution is 6.63. The molecule has 0 aromatic carbocycles. The lowest BCUT2D eigenvalue weighted by atomic mass is 10.2. The Labute approximate surface area is 103 Å². The van der Waals surface area contributed by atoms with Crippen molar-refractivity contribution in [2.45, 2.75) is 19.3 Å². The lowest BCUT2D eigenvalue weighted by molar-refractivity contribution is -0.111. The highest BCUT2D eigenvalue weighted by atomic mass is 35.5. The maximum atomic E-state index is 10.5. The van der Waals surface area contributed by atoms with Gasteiger partial charge in [0.25, 0.3) is 0 Å². The van der Waals surface area contributed by atoms with Crippen molar-refractivity contribution < 1.29 is 4.79 Å². The fourth-order valence-electron chi connectivity index (χ4n) is 1.67. The predicted molar refractivity (Wildman–Crippen MR) is 65.9 cm³/mol. The van der Waals surface area contributed by atoms with Crippen LogP contribution in [0.2, 0.25) is 0 Å². The van der Waals surface area contributed by atoms with Gasteiger partial charge in [0.1, 0.15) is 0 Å². The van der Waals surface area contributed by atoms with Gasteiger partial charge in [-0.05, 0) is 38.0 Å². The molecular formula is C10H20Cl2N2O. The zero-order chi connectivity index (χ0) is 10.4. The zero-order valence-electron chi connectivity index (χ0n) is 9.25. The molecule has 0 saturated carbocycles. The standard InChI is InChI=1S/C10H19ClN2O.ClH/c1-12-6-8-13(9-7-12)5-3-2-4-10(11)14;/h2-9H2,1H3;1H. The van der Waals surface area contributed by atoms with E-state index < -0.39 is 0 Å². The van der Waals surface area contributed by atoms with Crippen LogP contribution in [0, 0.1) is 0 Å². The van der Waals surface area contributed by atoms with Crippen LogP contribution in [-0.4, -0.2) is 54.8 Å². The summed E-state index contributed by atoms with van der Waals surface area (Å²) < 4.78 is 0. The summed E-state index contributed by atoms with van der Waals surface area (Å²) in [6.07, 6.45) is 2.53. The number of likely N-dealkylation sites (N-methyl/N-ethyl adjacent to an activating group) is 1. The molecule has 90 valence electrons. The minimum atomic E-state index is -0.205. The normalized spacial score (nSPS) is 18.5. The number of unbranched alkanes of at least 4 members (excludes halogenated alkanes) is 1. The van der Waals surface area contributed by atoms with Crippen molar-refractivity contribution in [2.24, 2.45) is 0 Å². The molecule has 1 aliphatic heterocycles. The zero-order valence-corrected chi connectivity index (χ0v) is 10.8. The molecule has 15 heavy (non-hydrogen) atoms. The number of carbonyl (C=O) groups excluding carboxylic acids is 1. The summed E-state index contributed by atoms with van der Waals surface area (Å²) in [6, 6.07) is 0. The molecule has 0 radical (unpaired) electrons. The minimum Gasteiger partial charge on any atom is -0.304 e. The van der Waals surface area contributed by atoms with E-state index in [-0.39, 0.29) is 17.6 Å². The highest BCUT2D eigenvalue weighted by Gasteiger charge is 2.12. The van der Waals surface area contributed by atoms with Crippen LogP contribution in [0.3, 0.4) is 0 Å². The monoisotopic (exact) mass is 254 g/mol. The van der Waals surface area contributed by atoms with Gasteiger partial charge in [-0.15, -0.1) is 12.4 Å². The summed E-state index contributed by atoms with van der Waals surface area (Å²) >= 11 is 5.26.